The third kappa shape index (κ3) is 3.75. The van der Waals surface area contributed by atoms with Crippen LogP contribution in [0.25, 0.3) is 0 Å². The topological polar surface area (TPSA) is 38.1 Å². The van der Waals surface area contributed by atoms with Crippen molar-refractivity contribution in [2.75, 3.05) is 6.54 Å². The van der Waals surface area contributed by atoms with E-state index >= 15 is 0 Å². The van der Waals surface area contributed by atoms with E-state index in [1.165, 1.54) is 11.1 Å². The average molecular weight is 299 g/mol. The third-order valence-electron chi connectivity index (χ3n) is 4.02. The van der Waals surface area contributed by atoms with Crippen LogP contribution in [0.15, 0.2) is 30.3 Å². The van der Waals surface area contributed by atoms with E-state index in [2.05, 4.69) is 31.1 Å². The molecule has 0 aliphatic heterocycles. The van der Waals surface area contributed by atoms with Gasteiger partial charge in [-0.25, -0.2) is 0 Å². The number of hydrogen-bond acceptors (Lipinski definition) is 2. The molecule has 0 saturated heterocycles. The van der Waals surface area contributed by atoms with Crippen molar-refractivity contribution in [2.24, 2.45) is 7.05 Å². The SMILES string of the molecule is CCCCN(Cc1ccccc1C)C(=O)c1cc(C)n(C)n1. The summed E-state index contributed by atoms with van der Waals surface area (Å²) in [6, 6.07) is 10.1. The quantitative estimate of drug-likeness (QED) is 0.819. The van der Waals surface area contributed by atoms with Gasteiger partial charge in [-0.05, 0) is 37.5 Å². The van der Waals surface area contributed by atoms with Crippen LogP contribution in [0.2, 0.25) is 0 Å². The number of carbonyl (C=O) groups excluding carboxylic acids is 1. The van der Waals surface area contributed by atoms with Crippen molar-refractivity contribution in [3.8, 4) is 0 Å². The molecular weight excluding hydrogens is 274 g/mol. The minimum atomic E-state index is 0.0143. The van der Waals surface area contributed by atoms with E-state index in [0.29, 0.717) is 12.2 Å². The van der Waals surface area contributed by atoms with Crippen LogP contribution in [0.3, 0.4) is 0 Å². The predicted molar refractivity (Wildman–Crippen MR) is 88.8 cm³/mol. The maximum absolute atomic E-state index is 12.8. The van der Waals surface area contributed by atoms with Gasteiger partial charge in [0.15, 0.2) is 5.69 Å². The highest BCUT2D eigenvalue weighted by atomic mass is 16.2. The summed E-state index contributed by atoms with van der Waals surface area (Å²) in [5.41, 5.74) is 3.94. The fraction of sp³-hybridized carbons (Fsp3) is 0.444. The highest BCUT2D eigenvalue weighted by Crippen LogP contribution is 2.14. The molecule has 1 aromatic heterocycles. The Hall–Kier alpha value is -2.10. The van der Waals surface area contributed by atoms with E-state index in [1.54, 1.807) is 4.68 Å². The average Bonchev–Trinajstić information content (AvgIpc) is 2.84. The van der Waals surface area contributed by atoms with Gasteiger partial charge in [0.1, 0.15) is 0 Å². The molecule has 1 amide bonds. The largest absolute Gasteiger partial charge is 0.333 e. The first-order valence-corrected chi connectivity index (χ1v) is 7.87. The standard InChI is InChI=1S/C18H25N3O/c1-5-6-11-21(13-16-10-8-7-9-14(16)2)18(22)17-12-15(3)20(4)19-17/h7-10,12H,5-6,11,13H2,1-4H3. The van der Waals surface area contributed by atoms with Gasteiger partial charge in [-0.1, -0.05) is 37.6 Å². The van der Waals surface area contributed by atoms with Gasteiger partial charge in [0.05, 0.1) is 0 Å². The Morgan fingerprint density at radius 3 is 2.59 bits per heavy atom. The molecule has 118 valence electrons. The first kappa shape index (κ1) is 16.3. The highest BCUT2D eigenvalue weighted by Gasteiger charge is 2.19. The Labute approximate surface area is 132 Å². The number of hydrogen-bond donors (Lipinski definition) is 0. The number of aryl methyl sites for hydroxylation is 3. The van der Waals surface area contributed by atoms with Crippen molar-refractivity contribution < 1.29 is 4.79 Å². The third-order valence-corrected chi connectivity index (χ3v) is 4.02. The Morgan fingerprint density at radius 1 is 1.27 bits per heavy atom. The van der Waals surface area contributed by atoms with Crippen LogP contribution in [-0.4, -0.2) is 27.1 Å². The van der Waals surface area contributed by atoms with Gasteiger partial charge in [0.2, 0.25) is 0 Å². The summed E-state index contributed by atoms with van der Waals surface area (Å²) in [6.07, 6.45) is 2.07. The molecule has 4 heteroatoms. The highest BCUT2D eigenvalue weighted by molar-refractivity contribution is 5.92. The molecule has 2 rings (SSSR count). The van der Waals surface area contributed by atoms with Gasteiger partial charge < -0.3 is 4.90 Å². The molecule has 0 bridgehead atoms. The molecule has 0 saturated carbocycles. The first-order valence-electron chi connectivity index (χ1n) is 7.87. The van der Waals surface area contributed by atoms with E-state index in [-0.39, 0.29) is 5.91 Å². The summed E-state index contributed by atoms with van der Waals surface area (Å²) < 4.78 is 1.75. The summed E-state index contributed by atoms with van der Waals surface area (Å²) >= 11 is 0. The molecule has 0 aliphatic rings. The van der Waals surface area contributed by atoms with Crippen molar-refractivity contribution >= 4 is 5.91 Å². The molecule has 22 heavy (non-hydrogen) atoms. The zero-order chi connectivity index (χ0) is 16.1. The summed E-state index contributed by atoms with van der Waals surface area (Å²) in [7, 11) is 1.86. The van der Waals surface area contributed by atoms with Crippen LogP contribution in [0.4, 0.5) is 0 Å². The maximum atomic E-state index is 12.8. The van der Waals surface area contributed by atoms with Crippen molar-refractivity contribution in [1.29, 1.82) is 0 Å². The Kier molecular flexibility index (Phi) is 5.36. The van der Waals surface area contributed by atoms with Crippen LogP contribution >= 0.6 is 0 Å². The molecule has 0 unspecified atom stereocenters. The zero-order valence-electron chi connectivity index (χ0n) is 14.0. The smallest absolute Gasteiger partial charge is 0.274 e. The van der Waals surface area contributed by atoms with Crippen LogP contribution in [0.1, 0.15) is 47.1 Å². The molecule has 0 aliphatic carbocycles. The molecule has 0 fully saturated rings. The number of carbonyl (C=O) groups is 1. The van der Waals surface area contributed by atoms with Crippen molar-refractivity contribution in [1.82, 2.24) is 14.7 Å². The van der Waals surface area contributed by atoms with E-state index in [4.69, 9.17) is 0 Å². The fourth-order valence-electron chi connectivity index (χ4n) is 2.42. The Morgan fingerprint density at radius 2 is 2.00 bits per heavy atom. The van der Waals surface area contributed by atoms with Crippen LogP contribution in [0.5, 0.6) is 0 Å². The molecule has 4 nitrogen and oxygen atoms in total. The number of benzene rings is 1. The molecule has 2 aromatic rings. The first-order chi connectivity index (χ1) is 10.5. The van der Waals surface area contributed by atoms with E-state index in [9.17, 15) is 4.79 Å². The molecular formula is C18H25N3O. The van der Waals surface area contributed by atoms with Crippen LogP contribution in [0, 0.1) is 13.8 Å². The van der Waals surface area contributed by atoms with Gasteiger partial charge in [-0.3, -0.25) is 9.48 Å². The van der Waals surface area contributed by atoms with Gasteiger partial charge in [0, 0.05) is 25.8 Å². The van der Waals surface area contributed by atoms with Gasteiger partial charge >= 0.3 is 0 Å². The van der Waals surface area contributed by atoms with E-state index < -0.39 is 0 Å². The second-order valence-corrected chi connectivity index (χ2v) is 5.80. The van der Waals surface area contributed by atoms with Crippen molar-refractivity contribution in [3.63, 3.8) is 0 Å². The predicted octanol–water partition coefficient (Wildman–Crippen LogP) is 3.48. The number of aromatic nitrogens is 2. The number of rotatable bonds is 6. The van der Waals surface area contributed by atoms with Gasteiger partial charge in [-0.2, -0.15) is 5.10 Å². The maximum Gasteiger partial charge on any atom is 0.274 e. The summed E-state index contributed by atoms with van der Waals surface area (Å²) in [5, 5.41) is 4.33. The summed E-state index contributed by atoms with van der Waals surface area (Å²) in [4.78, 5) is 14.7. The lowest BCUT2D eigenvalue weighted by atomic mass is 10.1. The zero-order valence-corrected chi connectivity index (χ0v) is 14.0. The number of unbranched alkanes of at least 4 members (excludes halogenated alkanes) is 1. The molecule has 1 aromatic carbocycles. The number of nitrogens with zero attached hydrogens (tertiary/aromatic N) is 3. The second-order valence-electron chi connectivity index (χ2n) is 5.80. The van der Waals surface area contributed by atoms with E-state index in [0.717, 1.165) is 25.1 Å². The summed E-state index contributed by atoms with van der Waals surface area (Å²) in [6.45, 7) is 7.59. The van der Waals surface area contributed by atoms with Crippen molar-refractivity contribution in [2.45, 2.75) is 40.2 Å². The van der Waals surface area contributed by atoms with Crippen LogP contribution < -0.4 is 0 Å². The lowest BCUT2D eigenvalue weighted by Gasteiger charge is -2.22. The Bertz CT molecular complexity index is 626. The minimum Gasteiger partial charge on any atom is -0.333 e. The molecule has 0 atom stereocenters. The van der Waals surface area contributed by atoms with E-state index in [1.807, 2.05) is 37.1 Å². The molecule has 0 spiro atoms. The monoisotopic (exact) mass is 299 g/mol. The lowest BCUT2D eigenvalue weighted by molar-refractivity contribution is 0.0734. The Balaban J connectivity index is 2.21. The van der Waals surface area contributed by atoms with Crippen LogP contribution in [-0.2, 0) is 13.6 Å². The lowest BCUT2D eigenvalue weighted by Crippen LogP contribution is -2.32. The normalized spacial score (nSPS) is 10.7. The van der Waals surface area contributed by atoms with Gasteiger partial charge in [-0.15, -0.1) is 0 Å². The molecule has 0 N–H and O–H groups in total. The van der Waals surface area contributed by atoms with Crippen molar-refractivity contribution in [3.05, 3.63) is 52.8 Å². The fourth-order valence-corrected chi connectivity index (χ4v) is 2.42. The second kappa shape index (κ2) is 7.25. The number of amides is 1. The molecule has 0 radical (unpaired) electrons. The minimum absolute atomic E-state index is 0.0143. The summed E-state index contributed by atoms with van der Waals surface area (Å²) in [5.74, 6) is 0.0143. The van der Waals surface area contributed by atoms with Gasteiger partial charge in [0.25, 0.3) is 5.91 Å². The molecule has 1 heterocycles.